The normalized spacial score (nSPS) is 10.6. The van der Waals surface area contributed by atoms with E-state index >= 15 is 0 Å². The fourth-order valence-electron chi connectivity index (χ4n) is 3.04. The van der Waals surface area contributed by atoms with E-state index in [0.29, 0.717) is 29.2 Å². The quantitative estimate of drug-likeness (QED) is 0.229. The molecule has 0 aliphatic rings. The van der Waals surface area contributed by atoms with Crippen LogP contribution in [0.5, 0.6) is 17.2 Å². The molecule has 33 heavy (non-hydrogen) atoms. The number of aryl methyl sites for hydroxylation is 1. The molecule has 3 aromatic carbocycles. The molecule has 0 saturated carbocycles. The Morgan fingerprint density at radius 1 is 0.970 bits per heavy atom. The average molecular weight is 447 g/mol. The topological polar surface area (TPSA) is 86.2 Å². The van der Waals surface area contributed by atoms with Gasteiger partial charge < -0.3 is 14.2 Å². The molecular weight excluding hydrogens is 420 g/mol. The molecule has 7 heteroatoms. The highest BCUT2D eigenvalue weighted by Crippen LogP contribution is 2.30. The van der Waals surface area contributed by atoms with Crippen molar-refractivity contribution in [1.82, 2.24) is 5.43 Å². The molecule has 0 saturated heterocycles. The summed E-state index contributed by atoms with van der Waals surface area (Å²) >= 11 is 0. The van der Waals surface area contributed by atoms with Crippen LogP contribution in [0.1, 0.15) is 34.0 Å². The monoisotopic (exact) mass is 446 g/mol. The summed E-state index contributed by atoms with van der Waals surface area (Å²) < 4.78 is 16.4. The number of hydrazone groups is 1. The Morgan fingerprint density at radius 3 is 2.45 bits per heavy atom. The minimum atomic E-state index is -0.557. The third-order valence-electron chi connectivity index (χ3n) is 4.69. The Balaban J connectivity index is 1.66. The van der Waals surface area contributed by atoms with Crippen molar-refractivity contribution in [2.24, 2.45) is 5.10 Å². The van der Waals surface area contributed by atoms with Crippen LogP contribution in [0.2, 0.25) is 0 Å². The third-order valence-corrected chi connectivity index (χ3v) is 4.69. The minimum absolute atomic E-state index is 0.220. The molecule has 1 amide bonds. The molecule has 0 aliphatic carbocycles. The summed E-state index contributed by atoms with van der Waals surface area (Å²) in [6, 6.07) is 19.6. The van der Waals surface area contributed by atoms with Gasteiger partial charge in [0, 0.05) is 0 Å². The predicted molar refractivity (Wildman–Crippen MR) is 126 cm³/mol. The van der Waals surface area contributed by atoms with Crippen molar-refractivity contribution in [3.63, 3.8) is 0 Å². The van der Waals surface area contributed by atoms with E-state index in [-0.39, 0.29) is 18.1 Å². The number of methoxy groups -OCH3 is 1. The summed E-state index contributed by atoms with van der Waals surface area (Å²) in [4.78, 5) is 24.7. The van der Waals surface area contributed by atoms with Crippen LogP contribution in [0.4, 0.5) is 0 Å². The van der Waals surface area contributed by atoms with E-state index in [2.05, 4.69) is 10.5 Å². The fraction of sp³-hybridized carbons (Fsp3) is 0.192. The van der Waals surface area contributed by atoms with Crippen molar-refractivity contribution in [3.05, 3.63) is 89.0 Å². The van der Waals surface area contributed by atoms with Gasteiger partial charge in [-0.25, -0.2) is 10.2 Å². The first kappa shape index (κ1) is 23.5. The Morgan fingerprint density at radius 2 is 1.73 bits per heavy atom. The molecule has 0 bridgehead atoms. The maximum atomic E-state index is 12.6. The lowest BCUT2D eigenvalue weighted by molar-refractivity contribution is -0.120. The molecule has 3 rings (SSSR count). The molecule has 1 N–H and O–H groups in total. The minimum Gasteiger partial charge on any atom is -0.496 e. The van der Waals surface area contributed by atoms with Crippen LogP contribution < -0.4 is 19.6 Å². The van der Waals surface area contributed by atoms with Crippen molar-refractivity contribution >= 4 is 18.1 Å². The summed E-state index contributed by atoms with van der Waals surface area (Å²) in [6.07, 6.45) is 1.74. The molecule has 0 radical (unpaired) electrons. The number of carbonyl (C=O) groups excluding carboxylic acids is 2. The standard InChI is InChI=1S/C26H26N2O5/c1-4-32-24-15-20(17-27-28-25(29)16-19-11-9-18(2)10-12-19)13-14-23(24)33-26(30)21-7-5-6-8-22(21)31-3/h5-15,17H,4,16H2,1-3H3,(H,28,29)/b27-17-. The van der Waals surface area contributed by atoms with Gasteiger partial charge in [0.15, 0.2) is 11.5 Å². The first-order valence-corrected chi connectivity index (χ1v) is 10.5. The van der Waals surface area contributed by atoms with E-state index < -0.39 is 5.97 Å². The molecule has 0 aromatic heterocycles. The lowest BCUT2D eigenvalue weighted by atomic mass is 10.1. The zero-order valence-corrected chi connectivity index (χ0v) is 18.8. The number of hydrogen-bond donors (Lipinski definition) is 1. The first-order chi connectivity index (χ1) is 16.0. The van der Waals surface area contributed by atoms with E-state index in [1.807, 2.05) is 38.1 Å². The molecule has 0 atom stereocenters. The lowest BCUT2D eigenvalue weighted by Gasteiger charge is -2.12. The summed E-state index contributed by atoms with van der Waals surface area (Å²) in [5.41, 5.74) is 5.55. The van der Waals surface area contributed by atoms with Gasteiger partial charge in [-0.3, -0.25) is 4.79 Å². The molecule has 3 aromatic rings. The highest BCUT2D eigenvalue weighted by molar-refractivity contribution is 5.94. The van der Waals surface area contributed by atoms with Crippen LogP contribution in [-0.4, -0.2) is 31.8 Å². The molecule has 0 unspecified atom stereocenters. The SMILES string of the molecule is CCOc1cc(/C=N\NC(=O)Cc2ccc(C)cc2)ccc1OC(=O)c1ccccc1OC. The summed E-state index contributed by atoms with van der Waals surface area (Å²) in [6.45, 7) is 4.21. The Bertz CT molecular complexity index is 1140. The van der Waals surface area contributed by atoms with Crippen LogP contribution in [0.3, 0.4) is 0 Å². The molecule has 7 nitrogen and oxygen atoms in total. The number of carbonyl (C=O) groups is 2. The van der Waals surface area contributed by atoms with Gasteiger partial charge in [-0.05, 0) is 55.3 Å². The lowest BCUT2D eigenvalue weighted by Crippen LogP contribution is -2.19. The van der Waals surface area contributed by atoms with Gasteiger partial charge in [0.2, 0.25) is 5.91 Å². The molecule has 170 valence electrons. The van der Waals surface area contributed by atoms with Crippen molar-refractivity contribution in [3.8, 4) is 17.2 Å². The number of ether oxygens (including phenoxy) is 3. The highest BCUT2D eigenvalue weighted by atomic mass is 16.6. The number of esters is 1. The Hall–Kier alpha value is -4.13. The van der Waals surface area contributed by atoms with Crippen molar-refractivity contribution in [2.75, 3.05) is 13.7 Å². The van der Waals surface area contributed by atoms with Gasteiger partial charge in [0.25, 0.3) is 0 Å². The van der Waals surface area contributed by atoms with Crippen LogP contribution in [0.15, 0.2) is 71.8 Å². The van der Waals surface area contributed by atoms with Crippen LogP contribution in [0, 0.1) is 6.92 Å². The van der Waals surface area contributed by atoms with Crippen molar-refractivity contribution < 1.29 is 23.8 Å². The van der Waals surface area contributed by atoms with Gasteiger partial charge in [0.05, 0.1) is 26.4 Å². The van der Waals surface area contributed by atoms with Gasteiger partial charge in [-0.2, -0.15) is 5.10 Å². The Labute approximate surface area is 193 Å². The number of hydrogen-bond acceptors (Lipinski definition) is 6. The highest BCUT2D eigenvalue weighted by Gasteiger charge is 2.16. The fourth-order valence-corrected chi connectivity index (χ4v) is 3.04. The predicted octanol–water partition coefficient (Wildman–Crippen LogP) is 4.31. The van der Waals surface area contributed by atoms with Crippen molar-refractivity contribution in [2.45, 2.75) is 20.3 Å². The number of benzene rings is 3. The zero-order chi connectivity index (χ0) is 23.6. The van der Waals surface area contributed by atoms with Crippen molar-refractivity contribution in [1.29, 1.82) is 0 Å². The van der Waals surface area contributed by atoms with Crippen LogP contribution in [0.25, 0.3) is 0 Å². The third kappa shape index (κ3) is 6.67. The Kier molecular flexibility index (Phi) is 8.18. The van der Waals surface area contributed by atoms with Crippen LogP contribution >= 0.6 is 0 Å². The first-order valence-electron chi connectivity index (χ1n) is 10.5. The van der Waals surface area contributed by atoms with Gasteiger partial charge >= 0.3 is 5.97 Å². The molecule has 0 aliphatic heterocycles. The second kappa shape index (κ2) is 11.5. The molecule has 0 fully saturated rings. The van der Waals surface area contributed by atoms with Gasteiger partial charge in [-0.1, -0.05) is 42.0 Å². The van der Waals surface area contributed by atoms with E-state index in [9.17, 15) is 9.59 Å². The second-order valence-electron chi connectivity index (χ2n) is 7.18. The maximum absolute atomic E-state index is 12.6. The van der Waals surface area contributed by atoms with E-state index in [1.165, 1.54) is 13.3 Å². The van der Waals surface area contributed by atoms with Gasteiger partial charge in [-0.15, -0.1) is 0 Å². The average Bonchev–Trinajstić information content (AvgIpc) is 2.82. The number of para-hydroxylation sites is 1. The molecular formula is C26H26N2O5. The number of nitrogens with one attached hydrogen (secondary N) is 1. The van der Waals surface area contributed by atoms with E-state index in [4.69, 9.17) is 14.2 Å². The largest absolute Gasteiger partial charge is 0.496 e. The number of nitrogens with zero attached hydrogens (tertiary/aromatic N) is 1. The zero-order valence-electron chi connectivity index (χ0n) is 18.8. The summed E-state index contributed by atoms with van der Waals surface area (Å²) in [5.74, 6) is 0.301. The maximum Gasteiger partial charge on any atom is 0.347 e. The smallest absolute Gasteiger partial charge is 0.347 e. The molecule has 0 spiro atoms. The van der Waals surface area contributed by atoms with E-state index in [0.717, 1.165) is 11.1 Å². The summed E-state index contributed by atoms with van der Waals surface area (Å²) in [5, 5.41) is 4.01. The van der Waals surface area contributed by atoms with Crippen LogP contribution in [-0.2, 0) is 11.2 Å². The number of rotatable bonds is 9. The number of amides is 1. The second-order valence-corrected chi connectivity index (χ2v) is 7.18. The van der Waals surface area contributed by atoms with Gasteiger partial charge in [0.1, 0.15) is 11.3 Å². The summed E-state index contributed by atoms with van der Waals surface area (Å²) in [7, 11) is 1.49. The van der Waals surface area contributed by atoms with E-state index in [1.54, 1.807) is 42.5 Å². The molecule has 0 heterocycles.